The van der Waals surface area contributed by atoms with E-state index in [0.29, 0.717) is 5.92 Å². The van der Waals surface area contributed by atoms with E-state index in [4.69, 9.17) is 5.73 Å². The SMILES string of the molecule is Cc1ccccc1C1CC(C)N(C(=O)C(C)(C)N)C1. The van der Waals surface area contributed by atoms with Crippen LogP contribution in [0.2, 0.25) is 0 Å². The maximum absolute atomic E-state index is 12.3. The van der Waals surface area contributed by atoms with Crippen molar-refractivity contribution in [1.29, 1.82) is 0 Å². The fourth-order valence-electron chi connectivity index (χ4n) is 2.95. The molecule has 19 heavy (non-hydrogen) atoms. The van der Waals surface area contributed by atoms with Gasteiger partial charge in [0.2, 0.25) is 5.91 Å². The normalized spacial score (nSPS) is 23.7. The van der Waals surface area contributed by atoms with Gasteiger partial charge in [0.25, 0.3) is 0 Å². The molecule has 2 atom stereocenters. The Morgan fingerprint density at radius 1 is 1.37 bits per heavy atom. The molecule has 0 saturated carbocycles. The molecule has 1 aliphatic rings. The van der Waals surface area contributed by atoms with Crippen molar-refractivity contribution in [3.8, 4) is 0 Å². The van der Waals surface area contributed by atoms with E-state index in [0.717, 1.165) is 13.0 Å². The smallest absolute Gasteiger partial charge is 0.242 e. The van der Waals surface area contributed by atoms with Crippen LogP contribution >= 0.6 is 0 Å². The second kappa shape index (κ2) is 4.97. The highest BCUT2D eigenvalue weighted by Gasteiger charge is 2.38. The van der Waals surface area contributed by atoms with Crippen LogP contribution in [0.4, 0.5) is 0 Å². The molecule has 3 nitrogen and oxygen atoms in total. The lowest BCUT2D eigenvalue weighted by Crippen LogP contribution is -2.52. The number of carbonyl (C=O) groups excluding carboxylic acids is 1. The number of nitrogens with two attached hydrogens (primary N) is 1. The maximum Gasteiger partial charge on any atom is 0.242 e. The van der Waals surface area contributed by atoms with Crippen LogP contribution in [0, 0.1) is 6.92 Å². The average molecular weight is 260 g/mol. The molecule has 2 unspecified atom stereocenters. The molecule has 1 heterocycles. The molecular weight excluding hydrogens is 236 g/mol. The number of carbonyl (C=O) groups is 1. The summed E-state index contributed by atoms with van der Waals surface area (Å²) in [6.45, 7) is 8.59. The molecule has 1 fully saturated rings. The fraction of sp³-hybridized carbons (Fsp3) is 0.562. The summed E-state index contributed by atoms with van der Waals surface area (Å²) in [5.41, 5.74) is 7.83. The Balaban J connectivity index is 2.19. The quantitative estimate of drug-likeness (QED) is 0.887. The van der Waals surface area contributed by atoms with Gasteiger partial charge in [-0.1, -0.05) is 24.3 Å². The zero-order chi connectivity index (χ0) is 14.2. The van der Waals surface area contributed by atoms with E-state index in [9.17, 15) is 4.79 Å². The summed E-state index contributed by atoms with van der Waals surface area (Å²) >= 11 is 0. The largest absolute Gasteiger partial charge is 0.338 e. The predicted octanol–water partition coefficient (Wildman–Crippen LogP) is 2.44. The van der Waals surface area contributed by atoms with E-state index < -0.39 is 5.54 Å². The summed E-state index contributed by atoms with van der Waals surface area (Å²) in [6.07, 6.45) is 1.02. The number of benzene rings is 1. The summed E-state index contributed by atoms with van der Waals surface area (Å²) in [6, 6.07) is 8.71. The number of likely N-dealkylation sites (tertiary alicyclic amines) is 1. The summed E-state index contributed by atoms with van der Waals surface area (Å²) < 4.78 is 0. The van der Waals surface area contributed by atoms with Gasteiger partial charge in [-0.15, -0.1) is 0 Å². The standard InChI is InChI=1S/C16H24N2O/c1-11-7-5-6-8-14(11)13-9-12(2)18(10-13)15(19)16(3,4)17/h5-8,12-13H,9-10,17H2,1-4H3. The minimum Gasteiger partial charge on any atom is -0.338 e. The summed E-state index contributed by atoms with van der Waals surface area (Å²) in [4.78, 5) is 14.3. The molecule has 0 radical (unpaired) electrons. The van der Waals surface area contributed by atoms with Crippen LogP contribution in [0.5, 0.6) is 0 Å². The Labute approximate surface area is 115 Å². The Morgan fingerprint density at radius 2 is 2.00 bits per heavy atom. The number of hydrogen-bond donors (Lipinski definition) is 1. The van der Waals surface area contributed by atoms with E-state index in [2.05, 4.69) is 38.1 Å². The van der Waals surface area contributed by atoms with Crippen LogP contribution in [-0.2, 0) is 4.79 Å². The molecular formula is C16H24N2O. The molecule has 2 N–H and O–H groups in total. The van der Waals surface area contributed by atoms with E-state index in [-0.39, 0.29) is 11.9 Å². The van der Waals surface area contributed by atoms with Crippen molar-refractivity contribution in [2.45, 2.75) is 51.6 Å². The van der Waals surface area contributed by atoms with Gasteiger partial charge in [-0.3, -0.25) is 4.79 Å². The molecule has 3 heteroatoms. The van der Waals surface area contributed by atoms with E-state index >= 15 is 0 Å². The second-order valence-corrected chi connectivity index (χ2v) is 6.32. The molecule has 104 valence electrons. The van der Waals surface area contributed by atoms with Crippen molar-refractivity contribution < 1.29 is 4.79 Å². The molecule has 1 saturated heterocycles. The highest BCUT2D eigenvalue weighted by atomic mass is 16.2. The second-order valence-electron chi connectivity index (χ2n) is 6.32. The van der Waals surface area contributed by atoms with Gasteiger partial charge in [-0.25, -0.2) is 0 Å². The van der Waals surface area contributed by atoms with E-state index in [1.807, 2.05) is 4.90 Å². The zero-order valence-electron chi connectivity index (χ0n) is 12.3. The molecule has 1 aromatic carbocycles. The van der Waals surface area contributed by atoms with Crippen LogP contribution in [0.3, 0.4) is 0 Å². The molecule has 0 aromatic heterocycles. The third-order valence-electron chi connectivity index (χ3n) is 4.02. The highest BCUT2D eigenvalue weighted by Crippen LogP contribution is 2.34. The number of hydrogen-bond acceptors (Lipinski definition) is 2. The monoisotopic (exact) mass is 260 g/mol. The van der Waals surface area contributed by atoms with Crippen molar-refractivity contribution in [3.63, 3.8) is 0 Å². The fourth-order valence-corrected chi connectivity index (χ4v) is 2.95. The van der Waals surface area contributed by atoms with E-state index in [1.54, 1.807) is 13.8 Å². The van der Waals surface area contributed by atoms with Crippen molar-refractivity contribution >= 4 is 5.91 Å². The van der Waals surface area contributed by atoms with Gasteiger partial charge < -0.3 is 10.6 Å². The van der Waals surface area contributed by atoms with Gasteiger partial charge in [-0.05, 0) is 45.2 Å². The Bertz CT molecular complexity index is 476. The average Bonchev–Trinajstić information content (AvgIpc) is 2.69. The molecule has 1 amide bonds. The Morgan fingerprint density at radius 3 is 2.58 bits per heavy atom. The summed E-state index contributed by atoms with van der Waals surface area (Å²) in [5, 5.41) is 0. The van der Waals surface area contributed by atoms with Gasteiger partial charge >= 0.3 is 0 Å². The first-order chi connectivity index (χ1) is 8.80. The van der Waals surface area contributed by atoms with Gasteiger partial charge in [0, 0.05) is 18.5 Å². The molecule has 1 aromatic rings. The third kappa shape index (κ3) is 2.81. The first-order valence-electron chi connectivity index (χ1n) is 6.96. The Kier molecular flexibility index (Phi) is 3.68. The lowest BCUT2D eigenvalue weighted by atomic mass is 9.93. The Hall–Kier alpha value is -1.35. The zero-order valence-corrected chi connectivity index (χ0v) is 12.3. The molecule has 0 spiro atoms. The highest BCUT2D eigenvalue weighted by molar-refractivity contribution is 5.85. The third-order valence-corrected chi connectivity index (χ3v) is 4.02. The first-order valence-corrected chi connectivity index (χ1v) is 6.96. The van der Waals surface area contributed by atoms with Crippen LogP contribution < -0.4 is 5.73 Å². The van der Waals surface area contributed by atoms with Crippen molar-refractivity contribution in [2.75, 3.05) is 6.54 Å². The van der Waals surface area contributed by atoms with Crippen LogP contribution in [0.15, 0.2) is 24.3 Å². The van der Waals surface area contributed by atoms with Crippen molar-refractivity contribution in [3.05, 3.63) is 35.4 Å². The number of nitrogens with zero attached hydrogens (tertiary/aromatic N) is 1. The predicted molar refractivity (Wildman–Crippen MR) is 78.0 cm³/mol. The number of rotatable bonds is 2. The lowest BCUT2D eigenvalue weighted by molar-refractivity contribution is -0.136. The summed E-state index contributed by atoms with van der Waals surface area (Å²) in [7, 11) is 0. The topological polar surface area (TPSA) is 46.3 Å². The number of aryl methyl sites for hydroxylation is 1. The van der Waals surface area contributed by atoms with Crippen molar-refractivity contribution in [2.24, 2.45) is 5.73 Å². The first kappa shape index (κ1) is 14.1. The van der Waals surface area contributed by atoms with Gasteiger partial charge in [-0.2, -0.15) is 0 Å². The molecule has 1 aliphatic heterocycles. The van der Waals surface area contributed by atoms with E-state index in [1.165, 1.54) is 11.1 Å². The molecule has 0 bridgehead atoms. The van der Waals surface area contributed by atoms with Crippen molar-refractivity contribution in [1.82, 2.24) is 4.90 Å². The lowest BCUT2D eigenvalue weighted by Gasteiger charge is -2.29. The van der Waals surface area contributed by atoms with Gasteiger partial charge in [0.15, 0.2) is 0 Å². The van der Waals surface area contributed by atoms with Gasteiger partial charge in [0.1, 0.15) is 0 Å². The molecule has 0 aliphatic carbocycles. The minimum absolute atomic E-state index is 0.0519. The maximum atomic E-state index is 12.3. The van der Waals surface area contributed by atoms with Gasteiger partial charge in [0.05, 0.1) is 5.54 Å². The molecule has 2 rings (SSSR count). The summed E-state index contributed by atoms with van der Waals surface area (Å²) in [5.74, 6) is 0.485. The number of amides is 1. The minimum atomic E-state index is -0.783. The van der Waals surface area contributed by atoms with Crippen LogP contribution in [0.1, 0.15) is 44.2 Å². The van der Waals surface area contributed by atoms with Crippen LogP contribution in [0.25, 0.3) is 0 Å². The van der Waals surface area contributed by atoms with Crippen LogP contribution in [-0.4, -0.2) is 28.9 Å².